The zero-order chi connectivity index (χ0) is 22.3. The molecule has 2 saturated heterocycles. The molecule has 2 fully saturated rings. The third-order valence-electron chi connectivity index (χ3n) is 5.29. The van der Waals surface area contributed by atoms with Crippen LogP contribution in [0.2, 0.25) is 0 Å². The van der Waals surface area contributed by atoms with E-state index in [-0.39, 0.29) is 24.0 Å². The third-order valence-corrected chi connectivity index (χ3v) is 5.29. The maximum absolute atomic E-state index is 12.5. The van der Waals surface area contributed by atoms with Crippen LogP contribution in [-0.4, -0.2) is 91.9 Å². The first-order chi connectivity index (χ1) is 14.1. The number of carbonyl (C=O) groups is 2. The predicted molar refractivity (Wildman–Crippen MR) is 116 cm³/mol. The first-order valence-electron chi connectivity index (χ1n) is 11.0. The van der Waals surface area contributed by atoms with Gasteiger partial charge in [0.25, 0.3) is 5.91 Å². The number of rotatable bonds is 5. The molecule has 0 aromatic rings. The number of carbonyl (C=O) groups excluding carboxylic acids is 2. The van der Waals surface area contributed by atoms with Crippen molar-refractivity contribution in [3.05, 3.63) is 0 Å². The fraction of sp³-hybridized carbons (Fsp3) is 0.857. The summed E-state index contributed by atoms with van der Waals surface area (Å²) in [4.78, 5) is 33.1. The molecule has 2 heterocycles. The molecule has 0 saturated carbocycles. The number of ether oxygens (including phenoxy) is 2. The summed E-state index contributed by atoms with van der Waals surface area (Å²) < 4.78 is 10.9. The lowest BCUT2D eigenvalue weighted by molar-refractivity contribution is -0.142. The Morgan fingerprint density at radius 1 is 1.17 bits per heavy atom. The van der Waals surface area contributed by atoms with Crippen LogP contribution in [0, 0.1) is 5.92 Å². The van der Waals surface area contributed by atoms with Crippen LogP contribution in [-0.2, 0) is 14.3 Å². The summed E-state index contributed by atoms with van der Waals surface area (Å²) in [6.45, 7) is 13.6. The topological polar surface area (TPSA) is 95.5 Å². The Kier molecular flexibility index (Phi) is 8.76. The van der Waals surface area contributed by atoms with Gasteiger partial charge in [-0.25, -0.2) is 4.79 Å². The third kappa shape index (κ3) is 7.34. The number of nitrogens with zero attached hydrogens (tertiary/aromatic N) is 3. The van der Waals surface area contributed by atoms with E-state index >= 15 is 0 Å². The molecule has 0 aromatic heterocycles. The van der Waals surface area contributed by atoms with Crippen molar-refractivity contribution >= 4 is 18.0 Å². The number of hydrogen-bond donors (Lipinski definition) is 2. The number of alkyl carbamates (subject to hydrolysis) is 1. The van der Waals surface area contributed by atoms with Crippen molar-refractivity contribution in [1.82, 2.24) is 20.4 Å². The molecule has 0 aliphatic carbocycles. The molecular weight excluding hydrogens is 386 g/mol. The highest BCUT2D eigenvalue weighted by Crippen LogP contribution is 2.16. The van der Waals surface area contributed by atoms with Crippen molar-refractivity contribution in [3.63, 3.8) is 0 Å². The molecule has 9 heteroatoms. The molecule has 2 amide bonds. The van der Waals surface area contributed by atoms with Gasteiger partial charge in [0, 0.05) is 46.4 Å². The van der Waals surface area contributed by atoms with Crippen LogP contribution < -0.4 is 10.6 Å². The van der Waals surface area contributed by atoms with Gasteiger partial charge in [0.2, 0.25) is 0 Å². The number of guanidine groups is 1. The van der Waals surface area contributed by atoms with Gasteiger partial charge in [0.15, 0.2) is 5.96 Å². The molecule has 2 aliphatic heterocycles. The Bertz CT molecular complexity index is 603. The van der Waals surface area contributed by atoms with Gasteiger partial charge >= 0.3 is 6.09 Å². The van der Waals surface area contributed by atoms with E-state index in [1.165, 1.54) is 0 Å². The van der Waals surface area contributed by atoms with Crippen LogP contribution in [0.1, 0.15) is 47.5 Å². The van der Waals surface area contributed by atoms with Crippen molar-refractivity contribution in [2.45, 2.75) is 65.2 Å². The smallest absolute Gasteiger partial charge is 0.407 e. The summed E-state index contributed by atoms with van der Waals surface area (Å²) in [7, 11) is 1.75. The molecule has 0 radical (unpaired) electrons. The van der Waals surface area contributed by atoms with Gasteiger partial charge in [0.1, 0.15) is 11.7 Å². The summed E-state index contributed by atoms with van der Waals surface area (Å²) in [6, 6.07) is -0.0982. The molecule has 2 unspecified atom stereocenters. The Balaban J connectivity index is 1.83. The number of aliphatic imine (C=N–C) groups is 1. The quantitative estimate of drug-likeness (QED) is 0.511. The molecule has 2 aliphatic rings. The minimum atomic E-state index is -0.532. The molecule has 0 spiro atoms. The Morgan fingerprint density at radius 3 is 2.30 bits per heavy atom. The van der Waals surface area contributed by atoms with Gasteiger partial charge < -0.3 is 29.9 Å². The second kappa shape index (κ2) is 10.8. The number of piperazine rings is 1. The summed E-state index contributed by atoms with van der Waals surface area (Å²) >= 11 is 0. The van der Waals surface area contributed by atoms with Crippen LogP contribution in [0.3, 0.4) is 0 Å². The van der Waals surface area contributed by atoms with Gasteiger partial charge in [-0.15, -0.1) is 0 Å². The standard InChI is InChI=1S/C21H39N5O4/c1-15(2)16(24-20(28)30-21(3,4)5)14-23-19(22-6)26-11-9-25(10-12-26)18(27)17-8-7-13-29-17/h15-17H,7-14H2,1-6H3,(H,22,23)(H,24,28). The molecule has 172 valence electrons. The first-order valence-corrected chi connectivity index (χ1v) is 11.0. The second-order valence-electron chi connectivity index (χ2n) is 9.24. The average Bonchev–Trinajstić information content (AvgIpc) is 3.20. The average molecular weight is 426 g/mol. The second-order valence-corrected chi connectivity index (χ2v) is 9.24. The fourth-order valence-electron chi connectivity index (χ4n) is 3.56. The first kappa shape index (κ1) is 24.2. The van der Waals surface area contributed by atoms with Crippen LogP contribution in [0.15, 0.2) is 4.99 Å². The van der Waals surface area contributed by atoms with Crippen LogP contribution in [0.4, 0.5) is 4.79 Å². The van der Waals surface area contributed by atoms with Gasteiger partial charge in [-0.3, -0.25) is 9.79 Å². The monoisotopic (exact) mass is 425 g/mol. The minimum absolute atomic E-state index is 0.0982. The number of amides is 2. The van der Waals surface area contributed by atoms with E-state index in [2.05, 4.69) is 34.4 Å². The van der Waals surface area contributed by atoms with Crippen molar-refractivity contribution in [2.75, 3.05) is 46.4 Å². The Morgan fingerprint density at radius 2 is 1.80 bits per heavy atom. The van der Waals surface area contributed by atoms with E-state index in [4.69, 9.17) is 9.47 Å². The Hall–Kier alpha value is -2.03. The van der Waals surface area contributed by atoms with Crippen molar-refractivity contribution in [2.24, 2.45) is 10.9 Å². The normalized spacial score (nSPS) is 21.6. The SMILES string of the molecule is CN=C(NCC(NC(=O)OC(C)(C)C)C(C)C)N1CCN(C(=O)C2CCCO2)CC1. The van der Waals surface area contributed by atoms with E-state index < -0.39 is 11.7 Å². The van der Waals surface area contributed by atoms with E-state index in [9.17, 15) is 9.59 Å². The van der Waals surface area contributed by atoms with Crippen molar-refractivity contribution in [1.29, 1.82) is 0 Å². The zero-order valence-corrected chi connectivity index (χ0v) is 19.4. The van der Waals surface area contributed by atoms with Crippen LogP contribution in [0.5, 0.6) is 0 Å². The molecule has 2 rings (SSSR count). The highest BCUT2D eigenvalue weighted by atomic mass is 16.6. The van der Waals surface area contributed by atoms with Crippen molar-refractivity contribution < 1.29 is 19.1 Å². The van der Waals surface area contributed by atoms with Gasteiger partial charge in [0.05, 0.1) is 6.04 Å². The van der Waals surface area contributed by atoms with Gasteiger partial charge in [-0.1, -0.05) is 13.8 Å². The van der Waals surface area contributed by atoms with E-state index in [1.807, 2.05) is 25.7 Å². The predicted octanol–water partition coefficient (Wildman–Crippen LogP) is 1.43. The highest BCUT2D eigenvalue weighted by molar-refractivity contribution is 5.83. The van der Waals surface area contributed by atoms with E-state index in [0.29, 0.717) is 39.3 Å². The lowest BCUT2D eigenvalue weighted by Gasteiger charge is -2.37. The van der Waals surface area contributed by atoms with Crippen LogP contribution in [0.25, 0.3) is 0 Å². The summed E-state index contributed by atoms with van der Waals surface area (Å²) in [6.07, 6.45) is 1.10. The molecule has 0 bridgehead atoms. The molecule has 2 atom stereocenters. The molecule has 30 heavy (non-hydrogen) atoms. The summed E-state index contributed by atoms with van der Waals surface area (Å²) in [5.41, 5.74) is -0.532. The maximum atomic E-state index is 12.5. The van der Waals surface area contributed by atoms with E-state index in [1.54, 1.807) is 7.05 Å². The zero-order valence-electron chi connectivity index (χ0n) is 19.4. The highest BCUT2D eigenvalue weighted by Gasteiger charge is 2.31. The summed E-state index contributed by atoms with van der Waals surface area (Å²) in [5.74, 6) is 1.11. The molecule has 0 aromatic carbocycles. The van der Waals surface area contributed by atoms with Gasteiger partial charge in [-0.2, -0.15) is 0 Å². The van der Waals surface area contributed by atoms with Crippen LogP contribution >= 0.6 is 0 Å². The van der Waals surface area contributed by atoms with Gasteiger partial charge in [-0.05, 0) is 39.5 Å². The fourth-order valence-corrected chi connectivity index (χ4v) is 3.56. The number of hydrogen-bond acceptors (Lipinski definition) is 5. The molecule has 2 N–H and O–H groups in total. The Labute approximate surface area is 180 Å². The minimum Gasteiger partial charge on any atom is -0.444 e. The van der Waals surface area contributed by atoms with Crippen molar-refractivity contribution in [3.8, 4) is 0 Å². The summed E-state index contributed by atoms with van der Waals surface area (Å²) in [5, 5.41) is 6.31. The number of nitrogens with one attached hydrogen (secondary N) is 2. The lowest BCUT2D eigenvalue weighted by Crippen LogP contribution is -2.57. The molecule has 9 nitrogen and oxygen atoms in total. The van der Waals surface area contributed by atoms with E-state index in [0.717, 1.165) is 18.8 Å². The largest absolute Gasteiger partial charge is 0.444 e. The molecular formula is C21H39N5O4. The maximum Gasteiger partial charge on any atom is 0.407 e. The lowest BCUT2D eigenvalue weighted by atomic mass is 10.0.